The number of hydrogen-bond acceptors (Lipinski definition) is 2. The average molecular weight is 300 g/mol. The van der Waals surface area contributed by atoms with E-state index in [1.54, 1.807) is 14.2 Å². The largest absolute Gasteiger partial charge is 0.493 e. The van der Waals surface area contributed by atoms with Crippen molar-refractivity contribution >= 4 is 0 Å². The third-order valence-electron chi connectivity index (χ3n) is 6.20. The molecule has 0 spiro atoms. The zero-order valence-electron chi connectivity index (χ0n) is 13.8. The van der Waals surface area contributed by atoms with Crippen LogP contribution >= 0.6 is 0 Å². The standard InChI is InChI=1S/C19H26NO2/c1-20-9-8-13-10-17(21-2)18(22-3)11-16(13)19(20)15-7-5-4-6-14(15)12-20/h4-5,10-11,14-15,19H,6-9,12H2,1-3H3/q+1. The van der Waals surface area contributed by atoms with E-state index in [9.17, 15) is 0 Å². The second kappa shape index (κ2) is 5.02. The fourth-order valence-electron chi connectivity index (χ4n) is 5.20. The van der Waals surface area contributed by atoms with Gasteiger partial charge < -0.3 is 14.0 Å². The number of likely N-dealkylation sites (N-methyl/N-ethyl adjacent to an activating group) is 1. The van der Waals surface area contributed by atoms with Crippen molar-refractivity contribution in [1.82, 2.24) is 0 Å². The minimum absolute atomic E-state index is 0.624. The molecule has 0 N–H and O–H groups in total. The van der Waals surface area contributed by atoms with Gasteiger partial charge >= 0.3 is 0 Å². The molecule has 4 rings (SSSR count). The molecular weight excluding hydrogens is 274 g/mol. The lowest BCUT2D eigenvalue weighted by Gasteiger charge is -2.42. The second-order valence-corrected chi connectivity index (χ2v) is 7.35. The van der Waals surface area contributed by atoms with Crippen molar-refractivity contribution in [2.75, 3.05) is 34.4 Å². The molecule has 2 heterocycles. The Balaban J connectivity index is 1.82. The first-order valence-corrected chi connectivity index (χ1v) is 8.40. The SMILES string of the molecule is COc1cc2c(cc1OC)C1C3CC=CCC3C[N+]1(C)CC2. The fourth-order valence-corrected chi connectivity index (χ4v) is 5.20. The maximum atomic E-state index is 5.57. The monoisotopic (exact) mass is 300 g/mol. The van der Waals surface area contributed by atoms with Crippen LogP contribution in [0.5, 0.6) is 11.5 Å². The van der Waals surface area contributed by atoms with Gasteiger partial charge in [-0.05, 0) is 30.5 Å². The van der Waals surface area contributed by atoms with Gasteiger partial charge in [0.1, 0.15) is 6.04 Å². The summed E-state index contributed by atoms with van der Waals surface area (Å²) in [5.74, 6) is 3.38. The third-order valence-corrected chi connectivity index (χ3v) is 6.20. The highest BCUT2D eigenvalue weighted by Crippen LogP contribution is 2.53. The van der Waals surface area contributed by atoms with Gasteiger partial charge in [0.15, 0.2) is 11.5 Å². The predicted molar refractivity (Wildman–Crippen MR) is 87.3 cm³/mol. The van der Waals surface area contributed by atoms with Crippen molar-refractivity contribution in [3.05, 3.63) is 35.4 Å². The maximum Gasteiger partial charge on any atom is 0.161 e. The first kappa shape index (κ1) is 14.1. The quantitative estimate of drug-likeness (QED) is 0.616. The summed E-state index contributed by atoms with van der Waals surface area (Å²) in [4.78, 5) is 0. The van der Waals surface area contributed by atoms with Gasteiger partial charge in [-0.1, -0.05) is 12.2 Å². The van der Waals surface area contributed by atoms with Crippen molar-refractivity contribution in [1.29, 1.82) is 0 Å². The van der Waals surface area contributed by atoms with Crippen molar-refractivity contribution in [2.24, 2.45) is 11.8 Å². The van der Waals surface area contributed by atoms with E-state index >= 15 is 0 Å². The zero-order valence-corrected chi connectivity index (χ0v) is 13.8. The average Bonchev–Trinajstić information content (AvgIpc) is 2.85. The maximum absolute atomic E-state index is 5.57. The van der Waals surface area contributed by atoms with Gasteiger partial charge in [0.05, 0.1) is 34.4 Å². The van der Waals surface area contributed by atoms with Crippen LogP contribution in [0.15, 0.2) is 24.3 Å². The highest BCUT2D eigenvalue weighted by atomic mass is 16.5. The Kier molecular flexibility index (Phi) is 3.23. The van der Waals surface area contributed by atoms with E-state index in [4.69, 9.17) is 9.47 Å². The Morgan fingerprint density at radius 1 is 1.05 bits per heavy atom. The van der Waals surface area contributed by atoms with Crippen LogP contribution < -0.4 is 9.47 Å². The molecule has 4 unspecified atom stereocenters. The van der Waals surface area contributed by atoms with Gasteiger partial charge in [0, 0.05) is 23.8 Å². The summed E-state index contributed by atoms with van der Waals surface area (Å²) in [5.41, 5.74) is 2.97. The fraction of sp³-hybridized carbons (Fsp3) is 0.579. The topological polar surface area (TPSA) is 18.5 Å². The van der Waals surface area contributed by atoms with Gasteiger partial charge in [0.25, 0.3) is 0 Å². The molecule has 0 saturated carbocycles. The highest BCUT2D eigenvalue weighted by Gasteiger charge is 2.54. The summed E-state index contributed by atoms with van der Waals surface area (Å²) in [6, 6.07) is 5.09. The lowest BCUT2D eigenvalue weighted by molar-refractivity contribution is -0.931. The van der Waals surface area contributed by atoms with E-state index < -0.39 is 0 Å². The number of benzene rings is 1. The van der Waals surface area contributed by atoms with Crippen LogP contribution in [-0.2, 0) is 6.42 Å². The smallest absolute Gasteiger partial charge is 0.161 e. The van der Waals surface area contributed by atoms with Crippen LogP contribution in [0.3, 0.4) is 0 Å². The summed E-state index contributed by atoms with van der Waals surface area (Å²) in [7, 11) is 5.93. The van der Waals surface area contributed by atoms with E-state index in [2.05, 4.69) is 31.3 Å². The number of nitrogens with zero attached hydrogens (tertiary/aromatic N) is 1. The molecule has 0 aromatic heterocycles. The zero-order chi connectivity index (χ0) is 15.3. The summed E-state index contributed by atoms with van der Waals surface area (Å²) in [6.45, 7) is 2.58. The van der Waals surface area contributed by atoms with Crippen molar-refractivity contribution in [3.8, 4) is 11.5 Å². The Hall–Kier alpha value is -1.48. The highest BCUT2D eigenvalue weighted by molar-refractivity contribution is 5.49. The second-order valence-electron chi connectivity index (χ2n) is 7.35. The van der Waals surface area contributed by atoms with Gasteiger partial charge in [-0.2, -0.15) is 0 Å². The summed E-state index contributed by atoms with van der Waals surface area (Å²) >= 11 is 0. The summed E-state index contributed by atoms with van der Waals surface area (Å²) in [6.07, 6.45) is 8.43. The Morgan fingerprint density at radius 2 is 1.77 bits per heavy atom. The van der Waals surface area contributed by atoms with Crippen LogP contribution in [0.1, 0.15) is 30.0 Å². The molecule has 2 aliphatic heterocycles. The molecule has 0 amide bonds. The van der Waals surface area contributed by atoms with E-state index in [0.717, 1.165) is 29.8 Å². The molecular formula is C19H26NO2+. The molecule has 118 valence electrons. The number of hydrogen-bond donors (Lipinski definition) is 0. The molecule has 22 heavy (non-hydrogen) atoms. The van der Waals surface area contributed by atoms with E-state index in [-0.39, 0.29) is 0 Å². The number of ether oxygens (including phenoxy) is 2. The van der Waals surface area contributed by atoms with Crippen molar-refractivity contribution in [2.45, 2.75) is 25.3 Å². The van der Waals surface area contributed by atoms with Crippen LogP contribution in [-0.4, -0.2) is 38.8 Å². The normalized spacial score (nSPS) is 35.5. The number of fused-ring (bicyclic) bond motifs is 5. The van der Waals surface area contributed by atoms with E-state index in [1.807, 2.05) is 0 Å². The number of allylic oxidation sites excluding steroid dienone is 2. The molecule has 4 atom stereocenters. The van der Waals surface area contributed by atoms with Crippen LogP contribution in [0.4, 0.5) is 0 Å². The minimum Gasteiger partial charge on any atom is -0.493 e. The van der Waals surface area contributed by atoms with Crippen LogP contribution in [0.25, 0.3) is 0 Å². The molecule has 3 heteroatoms. The third kappa shape index (κ3) is 1.91. The van der Waals surface area contributed by atoms with E-state index in [1.165, 1.54) is 41.5 Å². The Bertz CT molecular complexity index is 624. The first-order valence-electron chi connectivity index (χ1n) is 8.40. The molecule has 1 fully saturated rings. The number of rotatable bonds is 2. The van der Waals surface area contributed by atoms with Gasteiger partial charge in [-0.25, -0.2) is 0 Å². The predicted octanol–water partition coefficient (Wildman–Crippen LogP) is 3.34. The molecule has 1 aromatic rings. The lowest BCUT2D eigenvalue weighted by Crippen LogP contribution is -2.48. The number of methoxy groups -OCH3 is 2. The van der Waals surface area contributed by atoms with Gasteiger partial charge in [-0.3, -0.25) is 0 Å². The van der Waals surface area contributed by atoms with Crippen LogP contribution in [0, 0.1) is 11.8 Å². The lowest BCUT2D eigenvalue weighted by atomic mass is 9.77. The van der Waals surface area contributed by atoms with Crippen LogP contribution in [0.2, 0.25) is 0 Å². The summed E-state index contributed by atoms with van der Waals surface area (Å²) < 4.78 is 12.3. The van der Waals surface area contributed by atoms with Gasteiger partial charge in [-0.15, -0.1) is 0 Å². The Labute approximate surface area is 133 Å². The minimum atomic E-state index is 0.624. The van der Waals surface area contributed by atoms with Crippen molar-refractivity contribution < 1.29 is 14.0 Å². The molecule has 3 aliphatic rings. The van der Waals surface area contributed by atoms with Crippen molar-refractivity contribution in [3.63, 3.8) is 0 Å². The summed E-state index contributed by atoms with van der Waals surface area (Å²) in [5, 5.41) is 0. The van der Waals surface area contributed by atoms with Gasteiger partial charge in [0.2, 0.25) is 0 Å². The molecule has 1 saturated heterocycles. The first-order chi connectivity index (χ1) is 10.7. The molecule has 0 radical (unpaired) electrons. The molecule has 1 aromatic carbocycles. The molecule has 0 bridgehead atoms. The number of quaternary nitrogens is 1. The molecule has 3 nitrogen and oxygen atoms in total. The van der Waals surface area contributed by atoms with E-state index in [0.29, 0.717) is 6.04 Å². The Morgan fingerprint density at radius 3 is 2.55 bits per heavy atom. The molecule has 1 aliphatic carbocycles.